The number of aryl methyl sites for hydroxylation is 1. The van der Waals surface area contributed by atoms with E-state index < -0.39 is 9.84 Å². The van der Waals surface area contributed by atoms with Crippen molar-refractivity contribution >= 4 is 50.0 Å². The van der Waals surface area contributed by atoms with Gasteiger partial charge in [-0.2, -0.15) is 4.99 Å². The van der Waals surface area contributed by atoms with E-state index >= 15 is 0 Å². The Morgan fingerprint density at radius 3 is 2.79 bits per heavy atom. The van der Waals surface area contributed by atoms with Gasteiger partial charge in [0.1, 0.15) is 0 Å². The molecule has 2 heterocycles. The second-order valence-corrected chi connectivity index (χ2v) is 10.4. The van der Waals surface area contributed by atoms with Crippen LogP contribution in [0.5, 0.6) is 0 Å². The molecule has 0 spiro atoms. The van der Waals surface area contributed by atoms with Crippen molar-refractivity contribution in [2.75, 3.05) is 16.4 Å². The predicted molar refractivity (Wildman–Crippen MR) is 97.7 cm³/mol. The fourth-order valence-corrected chi connectivity index (χ4v) is 7.28. The summed E-state index contributed by atoms with van der Waals surface area (Å²) >= 11 is 7.56. The molecule has 1 saturated carbocycles. The SMILES string of the molecule is Cc1ccc(Cl)cc1N1C(=NC(=O)C2CC2)S[C@H]2CS(=O)(=O)C[C@@H]21. The summed E-state index contributed by atoms with van der Waals surface area (Å²) in [5, 5.41) is 1.11. The number of anilines is 1. The Balaban J connectivity index is 1.77. The number of nitrogens with zero attached hydrogens (tertiary/aromatic N) is 2. The third-order valence-corrected chi connectivity index (χ3v) is 8.07. The third-order valence-electron chi connectivity index (χ3n) is 4.63. The highest BCUT2D eigenvalue weighted by Gasteiger charge is 2.50. The average molecular weight is 385 g/mol. The van der Waals surface area contributed by atoms with Gasteiger partial charge in [-0.05, 0) is 37.5 Å². The van der Waals surface area contributed by atoms with Crippen LogP contribution in [0.2, 0.25) is 5.02 Å². The van der Waals surface area contributed by atoms with Crippen molar-refractivity contribution in [3.63, 3.8) is 0 Å². The molecule has 1 aromatic carbocycles. The molecule has 2 aliphatic heterocycles. The standard InChI is InChI=1S/C16H17ClN2O3S2/c1-9-2-5-11(17)6-12(9)19-13-7-24(21,22)8-14(13)23-16(19)18-15(20)10-3-4-10/h2,5-6,10,13-14H,3-4,7-8H2,1H3/t13-,14-/m0/s1. The first-order chi connectivity index (χ1) is 11.3. The number of carbonyl (C=O) groups excluding carboxylic acids is 1. The Kier molecular flexibility index (Phi) is 3.93. The van der Waals surface area contributed by atoms with E-state index in [2.05, 4.69) is 4.99 Å². The van der Waals surface area contributed by atoms with Gasteiger partial charge in [0, 0.05) is 21.9 Å². The van der Waals surface area contributed by atoms with Gasteiger partial charge in [0.2, 0.25) is 0 Å². The Morgan fingerprint density at radius 2 is 2.08 bits per heavy atom. The Bertz CT molecular complexity index is 849. The van der Waals surface area contributed by atoms with Gasteiger partial charge < -0.3 is 4.90 Å². The molecule has 1 aliphatic carbocycles. The molecule has 2 saturated heterocycles. The number of halogens is 1. The number of hydrogen-bond donors (Lipinski definition) is 0. The highest BCUT2D eigenvalue weighted by atomic mass is 35.5. The summed E-state index contributed by atoms with van der Waals surface area (Å²) in [6.45, 7) is 1.95. The zero-order chi connectivity index (χ0) is 17.1. The molecule has 5 nitrogen and oxygen atoms in total. The van der Waals surface area contributed by atoms with E-state index in [1.165, 1.54) is 11.8 Å². The summed E-state index contributed by atoms with van der Waals surface area (Å²) in [5.41, 5.74) is 1.82. The molecule has 0 unspecified atom stereocenters. The Hall–Kier alpha value is -1.05. The van der Waals surface area contributed by atoms with Crippen molar-refractivity contribution < 1.29 is 13.2 Å². The lowest BCUT2D eigenvalue weighted by Crippen LogP contribution is -2.38. The number of hydrogen-bond acceptors (Lipinski definition) is 4. The van der Waals surface area contributed by atoms with Crippen LogP contribution in [0.15, 0.2) is 23.2 Å². The van der Waals surface area contributed by atoms with Gasteiger partial charge in [-0.1, -0.05) is 29.4 Å². The highest BCUT2D eigenvalue weighted by molar-refractivity contribution is 8.16. The monoisotopic (exact) mass is 384 g/mol. The Labute approximate surface area is 150 Å². The molecule has 0 radical (unpaired) electrons. The van der Waals surface area contributed by atoms with Crippen molar-refractivity contribution in [3.8, 4) is 0 Å². The van der Waals surface area contributed by atoms with Gasteiger partial charge in [0.25, 0.3) is 5.91 Å². The lowest BCUT2D eigenvalue weighted by atomic mass is 10.1. The molecule has 128 valence electrons. The molecular formula is C16H17ClN2O3S2. The van der Waals surface area contributed by atoms with Crippen LogP contribution in [0.25, 0.3) is 0 Å². The van der Waals surface area contributed by atoms with Gasteiger partial charge in [-0.25, -0.2) is 8.42 Å². The quantitative estimate of drug-likeness (QED) is 0.784. The van der Waals surface area contributed by atoms with E-state index in [9.17, 15) is 13.2 Å². The Morgan fingerprint density at radius 1 is 1.33 bits per heavy atom. The average Bonchev–Trinajstić information content (AvgIpc) is 3.23. The van der Waals surface area contributed by atoms with Crippen LogP contribution >= 0.6 is 23.4 Å². The van der Waals surface area contributed by atoms with E-state index in [4.69, 9.17) is 11.6 Å². The maximum Gasteiger partial charge on any atom is 0.251 e. The minimum absolute atomic E-state index is 0.0459. The molecule has 8 heteroatoms. The van der Waals surface area contributed by atoms with E-state index in [-0.39, 0.29) is 34.6 Å². The fraction of sp³-hybridized carbons (Fsp3) is 0.500. The van der Waals surface area contributed by atoms with Crippen LogP contribution < -0.4 is 4.90 Å². The number of benzene rings is 1. The topological polar surface area (TPSA) is 66.8 Å². The van der Waals surface area contributed by atoms with Crippen molar-refractivity contribution in [1.82, 2.24) is 0 Å². The number of carbonyl (C=O) groups is 1. The van der Waals surface area contributed by atoms with Crippen molar-refractivity contribution in [3.05, 3.63) is 28.8 Å². The van der Waals surface area contributed by atoms with Crippen molar-refractivity contribution in [1.29, 1.82) is 0 Å². The van der Waals surface area contributed by atoms with E-state index in [0.29, 0.717) is 10.2 Å². The summed E-state index contributed by atoms with van der Waals surface area (Å²) in [7, 11) is -3.06. The van der Waals surface area contributed by atoms with Crippen LogP contribution in [0.3, 0.4) is 0 Å². The molecule has 1 aromatic rings. The molecule has 4 rings (SSSR count). The number of amidine groups is 1. The molecule has 3 fully saturated rings. The normalized spacial score (nSPS) is 29.9. The first-order valence-corrected chi connectivity index (χ1v) is 11.0. The maximum atomic E-state index is 12.2. The predicted octanol–water partition coefficient (Wildman–Crippen LogP) is 2.66. The molecular weight excluding hydrogens is 368 g/mol. The molecule has 24 heavy (non-hydrogen) atoms. The lowest BCUT2D eigenvalue weighted by Gasteiger charge is -2.26. The van der Waals surface area contributed by atoms with Crippen LogP contribution in [-0.2, 0) is 14.6 Å². The highest BCUT2D eigenvalue weighted by Crippen LogP contribution is 2.43. The zero-order valence-corrected chi connectivity index (χ0v) is 15.5. The molecule has 0 N–H and O–H groups in total. The second kappa shape index (κ2) is 5.75. The molecule has 1 amide bonds. The van der Waals surface area contributed by atoms with Crippen LogP contribution in [0.4, 0.5) is 5.69 Å². The number of fused-ring (bicyclic) bond motifs is 1. The smallest absolute Gasteiger partial charge is 0.251 e. The van der Waals surface area contributed by atoms with Crippen LogP contribution in [0, 0.1) is 12.8 Å². The molecule has 0 aromatic heterocycles. The minimum atomic E-state index is -3.06. The van der Waals surface area contributed by atoms with Gasteiger partial charge >= 0.3 is 0 Å². The number of sulfone groups is 1. The van der Waals surface area contributed by atoms with Gasteiger partial charge in [0.05, 0.1) is 17.5 Å². The van der Waals surface area contributed by atoms with Crippen molar-refractivity contribution in [2.24, 2.45) is 10.9 Å². The van der Waals surface area contributed by atoms with Crippen LogP contribution in [-0.4, -0.2) is 42.3 Å². The molecule has 3 aliphatic rings. The number of amides is 1. The van der Waals surface area contributed by atoms with Gasteiger partial charge in [-0.15, -0.1) is 0 Å². The van der Waals surface area contributed by atoms with E-state index in [0.717, 1.165) is 24.1 Å². The summed E-state index contributed by atoms with van der Waals surface area (Å²) in [5.74, 6) is 0.178. The first-order valence-electron chi connectivity index (χ1n) is 7.89. The summed E-state index contributed by atoms with van der Waals surface area (Å²) in [6.07, 6.45) is 1.80. The first kappa shape index (κ1) is 16.4. The second-order valence-electron chi connectivity index (χ2n) is 6.61. The minimum Gasteiger partial charge on any atom is -0.315 e. The molecule has 2 atom stereocenters. The summed E-state index contributed by atoms with van der Waals surface area (Å²) < 4.78 is 24.1. The fourth-order valence-electron chi connectivity index (χ4n) is 3.20. The third kappa shape index (κ3) is 2.97. The van der Waals surface area contributed by atoms with Gasteiger partial charge in [0.15, 0.2) is 15.0 Å². The van der Waals surface area contributed by atoms with Gasteiger partial charge in [-0.3, -0.25) is 4.79 Å². The summed E-state index contributed by atoms with van der Waals surface area (Å²) in [4.78, 5) is 18.4. The molecule has 0 bridgehead atoms. The van der Waals surface area contributed by atoms with Crippen molar-refractivity contribution in [2.45, 2.75) is 31.1 Å². The zero-order valence-electron chi connectivity index (χ0n) is 13.1. The van der Waals surface area contributed by atoms with E-state index in [1.807, 2.05) is 24.0 Å². The summed E-state index contributed by atoms with van der Waals surface area (Å²) in [6, 6.07) is 5.34. The van der Waals surface area contributed by atoms with Crippen LogP contribution in [0.1, 0.15) is 18.4 Å². The lowest BCUT2D eigenvalue weighted by molar-refractivity contribution is -0.118. The largest absolute Gasteiger partial charge is 0.315 e. The number of thioether (sulfide) groups is 1. The maximum absolute atomic E-state index is 12.2. The number of aliphatic imine (C=N–C) groups is 1. The van der Waals surface area contributed by atoms with E-state index in [1.54, 1.807) is 6.07 Å². The number of rotatable bonds is 2.